The first-order valence-corrected chi connectivity index (χ1v) is 8.56. The van der Waals surface area contributed by atoms with Crippen LogP contribution in [0.5, 0.6) is 5.75 Å². The van der Waals surface area contributed by atoms with Crippen molar-refractivity contribution in [2.24, 2.45) is 0 Å². The minimum Gasteiger partial charge on any atom is -0.491 e. The Morgan fingerprint density at radius 1 is 1.22 bits per heavy atom. The van der Waals surface area contributed by atoms with Gasteiger partial charge < -0.3 is 10.5 Å². The van der Waals surface area contributed by atoms with Crippen molar-refractivity contribution in [3.05, 3.63) is 47.5 Å². The molecule has 0 bridgehead atoms. The highest BCUT2D eigenvalue weighted by molar-refractivity contribution is 7.91. The minimum atomic E-state index is -3.87. The molecule has 0 radical (unpaired) electrons. The van der Waals surface area contributed by atoms with Gasteiger partial charge in [-0.1, -0.05) is 6.07 Å². The Kier molecular flexibility index (Phi) is 4.62. The molecule has 0 aromatic heterocycles. The fourth-order valence-electron chi connectivity index (χ4n) is 2.23. The van der Waals surface area contributed by atoms with E-state index in [1.807, 2.05) is 19.9 Å². The van der Waals surface area contributed by atoms with Crippen LogP contribution in [0.1, 0.15) is 25.0 Å². The number of ether oxygens (including phenoxy) is 1. The maximum Gasteiger partial charge on any atom is 0.208 e. The molecule has 6 heteroatoms. The number of nitrogens with zero attached hydrogens (tertiary/aromatic N) is 1. The third kappa shape index (κ3) is 3.46. The van der Waals surface area contributed by atoms with E-state index in [0.29, 0.717) is 5.75 Å². The number of hydrogen-bond donors (Lipinski definition) is 1. The van der Waals surface area contributed by atoms with Crippen molar-refractivity contribution in [3.63, 3.8) is 0 Å². The first-order valence-electron chi connectivity index (χ1n) is 7.07. The predicted molar refractivity (Wildman–Crippen MR) is 88.0 cm³/mol. The number of nitrogens with two attached hydrogens (primary N) is 1. The molecule has 23 heavy (non-hydrogen) atoms. The Bertz CT molecular complexity index is 881. The van der Waals surface area contributed by atoms with Crippen LogP contribution >= 0.6 is 0 Å². The summed E-state index contributed by atoms with van der Waals surface area (Å²) in [7, 11) is -3.87. The molecule has 0 saturated heterocycles. The molecular weight excluding hydrogens is 312 g/mol. The summed E-state index contributed by atoms with van der Waals surface area (Å²) in [6.45, 7) is 5.52. The van der Waals surface area contributed by atoms with Crippen LogP contribution in [0.25, 0.3) is 0 Å². The van der Waals surface area contributed by atoms with Crippen molar-refractivity contribution in [1.82, 2.24) is 0 Å². The van der Waals surface area contributed by atoms with Gasteiger partial charge in [-0.25, -0.2) is 8.42 Å². The Labute approximate surface area is 136 Å². The zero-order chi connectivity index (χ0) is 17.2. The second kappa shape index (κ2) is 6.31. The molecule has 0 aliphatic carbocycles. The number of rotatable bonds is 4. The third-order valence-corrected chi connectivity index (χ3v) is 4.94. The highest BCUT2D eigenvalue weighted by atomic mass is 32.2. The summed E-state index contributed by atoms with van der Waals surface area (Å²) in [6, 6.07) is 11.1. The number of nitriles is 1. The highest BCUT2D eigenvalue weighted by Crippen LogP contribution is 2.30. The molecule has 0 unspecified atom stereocenters. The van der Waals surface area contributed by atoms with Crippen LogP contribution in [-0.2, 0) is 9.84 Å². The van der Waals surface area contributed by atoms with E-state index in [2.05, 4.69) is 0 Å². The second-order valence-corrected chi connectivity index (χ2v) is 7.40. The van der Waals surface area contributed by atoms with Gasteiger partial charge in [-0.2, -0.15) is 5.26 Å². The van der Waals surface area contributed by atoms with E-state index in [0.717, 1.165) is 5.56 Å². The first-order chi connectivity index (χ1) is 10.8. The molecule has 0 saturated carbocycles. The van der Waals surface area contributed by atoms with Gasteiger partial charge in [0.1, 0.15) is 11.8 Å². The quantitative estimate of drug-likeness (QED) is 0.870. The van der Waals surface area contributed by atoms with E-state index < -0.39 is 9.84 Å². The van der Waals surface area contributed by atoms with Gasteiger partial charge in [0.15, 0.2) is 0 Å². The lowest BCUT2D eigenvalue weighted by atomic mass is 10.2. The Hall–Kier alpha value is -2.52. The van der Waals surface area contributed by atoms with Crippen molar-refractivity contribution in [1.29, 1.82) is 5.26 Å². The van der Waals surface area contributed by atoms with Gasteiger partial charge in [-0.05, 0) is 56.7 Å². The minimum absolute atomic E-state index is 0.0414. The molecular formula is C17H18N2O3S. The van der Waals surface area contributed by atoms with E-state index in [1.54, 1.807) is 19.1 Å². The number of hydrogen-bond acceptors (Lipinski definition) is 5. The molecule has 0 heterocycles. The van der Waals surface area contributed by atoms with Gasteiger partial charge in [-0.3, -0.25) is 0 Å². The van der Waals surface area contributed by atoms with Crippen LogP contribution in [0.3, 0.4) is 0 Å². The van der Waals surface area contributed by atoms with E-state index in [-0.39, 0.29) is 27.1 Å². The lowest BCUT2D eigenvalue weighted by molar-refractivity contribution is 0.241. The van der Waals surface area contributed by atoms with Gasteiger partial charge in [0.2, 0.25) is 9.84 Å². The molecule has 0 fully saturated rings. The van der Waals surface area contributed by atoms with Crippen LogP contribution in [0.2, 0.25) is 0 Å². The van der Waals surface area contributed by atoms with Crippen molar-refractivity contribution < 1.29 is 13.2 Å². The maximum atomic E-state index is 12.9. The van der Waals surface area contributed by atoms with E-state index >= 15 is 0 Å². The monoisotopic (exact) mass is 330 g/mol. The number of aryl methyl sites for hydroxylation is 1. The van der Waals surface area contributed by atoms with Crippen LogP contribution in [0.15, 0.2) is 46.2 Å². The number of anilines is 1. The van der Waals surface area contributed by atoms with Crippen molar-refractivity contribution >= 4 is 15.5 Å². The Balaban J connectivity index is 2.64. The van der Waals surface area contributed by atoms with Crippen LogP contribution in [0, 0.1) is 18.3 Å². The van der Waals surface area contributed by atoms with Gasteiger partial charge in [0.25, 0.3) is 0 Å². The molecule has 2 aromatic carbocycles. The Morgan fingerprint density at radius 3 is 2.52 bits per heavy atom. The zero-order valence-electron chi connectivity index (χ0n) is 13.2. The molecule has 120 valence electrons. The summed E-state index contributed by atoms with van der Waals surface area (Å²) in [4.78, 5) is -0.0173. The largest absolute Gasteiger partial charge is 0.491 e. The summed E-state index contributed by atoms with van der Waals surface area (Å²) in [5.74, 6) is 0.473. The smallest absolute Gasteiger partial charge is 0.208 e. The third-order valence-electron chi connectivity index (χ3n) is 3.17. The normalized spacial score (nSPS) is 11.3. The van der Waals surface area contributed by atoms with Gasteiger partial charge >= 0.3 is 0 Å². The van der Waals surface area contributed by atoms with Crippen LogP contribution in [-0.4, -0.2) is 14.5 Å². The van der Waals surface area contributed by atoms with E-state index in [9.17, 15) is 13.7 Å². The number of sulfone groups is 1. The summed E-state index contributed by atoms with van der Waals surface area (Å²) >= 11 is 0. The molecule has 0 amide bonds. The SMILES string of the molecule is Cc1cc(OC(C)C)cc(S(=O)(=O)c2cccc(N)c2C#N)c1. The average Bonchev–Trinajstić information content (AvgIpc) is 2.45. The molecule has 5 nitrogen and oxygen atoms in total. The summed E-state index contributed by atoms with van der Waals surface area (Å²) in [5, 5.41) is 9.22. The van der Waals surface area contributed by atoms with Crippen LogP contribution < -0.4 is 10.5 Å². The fourth-order valence-corrected chi connectivity index (χ4v) is 3.78. The topological polar surface area (TPSA) is 93.2 Å². The zero-order valence-corrected chi connectivity index (χ0v) is 14.0. The van der Waals surface area contributed by atoms with E-state index in [1.165, 1.54) is 24.3 Å². The van der Waals surface area contributed by atoms with Gasteiger partial charge in [-0.15, -0.1) is 0 Å². The average molecular weight is 330 g/mol. The predicted octanol–water partition coefficient (Wildman–Crippen LogP) is 3.07. The molecule has 2 rings (SSSR count). The summed E-state index contributed by atoms with van der Waals surface area (Å²) in [6.07, 6.45) is -0.0746. The van der Waals surface area contributed by atoms with Crippen molar-refractivity contribution in [2.45, 2.75) is 36.7 Å². The summed E-state index contributed by atoms with van der Waals surface area (Å²) < 4.78 is 31.4. The van der Waals surface area contributed by atoms with Crippen molar-refractivity contribution in [2.75, 3.05) is 5.73 Å². The van der Waals surface area contributed by atoms with Crippen LogP contribution in [0.4, 0.5) is 5.69 Å². The lowest BCUT2D eigenvalue weighted by Crippen LogP contribution is -2.09. The van der Waals surface area contributed by atoms with E-state index in [4.69, 9.17) is 10.5 Å². The Morgan fingerprint density at radius 2 is 1.91 bits per heavy atom. The molecule has 2 aromatic rings. The maximum absolute atomic E-state index is 12.9. The lowest BCUT2D eigenvalue weighted by Gasteiger charge is -2.13. The second-order valence-electron chi connectivity index (χ2n) is 5.48. The van der Waals surface area contributed by atoms with Crippen molar-refractivity contribution in [3.8, 4) is 11.8 Å². The summed E-state index contributed by atoms with van der Waals surface area (Å²) in [5.41, 5.74) is 6.57. The molecule has 0 aliphatic heterocycles. The number of nitrogen functional groups attached to an aromatic ring is 1. The molecule has 2 N–H and O–H groups in total. The molecule has 0 atom stereocenters. The first kappa shape index (κ1) is 16.8. The number of benzene rings is 2. The van der Waals surface area contributed by atoms with Gasteiger partial charge in [0.05, 0.1) is 27.1 Å². The van der Waals surface area contributed by atoms with Gasteiger partial charge in [0, 0.05) is 0 Å². The fraction of sp³-hybridized carbons (Fsp3) is 0.235. The standard InChI is InChI=1S/C17H18N2O3S/c1-11(2)22-13-7-12(3)8-14(9-13)23(20,21)17-6-4-5-16(19)15(17)10-18/h4-9,11H,19H2,1-3H3. The highest BCUT2D eigenvalue weighted by Gasteiger charge is 2.23. The molecule has 0 spiro atoms. The molecule has 0 aliphatic rings.